The van der Waals surface area contributed by atoms with Crippen molar-refractivity contribution in [2.75, 3.05) is 0 Å². The number of rotatable bonds is 4. The Morgan fingerprint density at radius 2 is 2.11 bits per heavy atom. The summed E-state index contributed by atoms with van der Waals surface area (Å²) < 4.78 is 2.00. The normalized spacial score (nSPS) is 25.5. The van der Waals surface area contributed by atoms with E-state index in [1.165, 1.54) is 49.1 Å². The van der Waals surface area contributed by atoms with Gasteiger partial charge in [-0.3, -0.25) is 4.68 Å². The van der Waals surface area contributed by atoms with Gasteiger partial charge < -0.3 is 5.32 Å². The van der Waals surface area contributed by atoms with Crippen LogP contribution in [0.5, 0.6) is 0 Å². The zero-order valence-corrected chi connectivity index (χ0v) is 13.2. The summed E-state index contributed by atoms with van der Waals surface area (Å²) in [6.07, 6.45) is 6.82. The van der Waals surface area contributed by atoms with Crippen LogP contribution in [-0.4, -0.2) is 15.8 Å². The van der Waals surface area contributed by atoms with Crippen LogP contribution < -0.4 is 5.32 Å². The van der Waals surface area contributed by atoms with Gasteiger partial charge in [-0.15, -0.1) is 0 Å². The second-order valence-electron chi connectivity index (χ2n) is 6.23. The third kappa shape index (κ3) is 3.19. The van der Waals surface area contributed by atoms with E-state index in [1.54, 1.807) is 0 Å². The molecule has 3 atom stereocenters. The van der Waals surface area contributed by atoms with E-state index >= 15 is 0 Å². The second kappa shape index (κ2) is 6.08. The zero-order chi connectivity index (χ0) is 14.0. The summed E-state index contributed by atoms with van der Waals surface area (Å²) in [4.78, 5) is 0. The number of aromatic nitrogens is 2. The Bertz CT molecular complexity index is 422. The van der Waals surface area contributed by atoms with E-state index < -0.39 is 0 Å². The molecule has 1 N–H and O–H groups in total. The highest BCUT2D eigenvalue weighted by molar-refractivity contribution is 5.27. The summed E-state index contributed by atoms with van der Waals surface area (Å²) in [5.41, 5.74) is 3.85. The van der Waals surface area contributed by atoms with Gasteiger partial charge in [0, 0.05) is 30.4 Å². The van der Waals surface area contributed by atoms with E-state index in [9.17, 15) is 0 Å². The lowest BCUT2D eigenvalue weighted by molar-refractivity contribution is 0.265. The fraction of sp³-hybridized carbons (Fsp3) is 0.812. The molecule has 0 aliphatic heterocycles. The van der Waals surface area contributed by atoms with Gasteiger partial charge in [0.15, 0.2) is 0 Å². The van der Waals surface area contributed by atoms with Crippen molar-refractivity contribution in [2.45, 2.75) is 71.9 Å². The zero-order valence-electron chi connectivity index (χ0n) is 13.2. The summed E-state index contributed by atoms with van der Waals surface area (Å²) in [6, 6.07) is 1.10. The van der Waals surface area contributed by atoms with Gasteiger partial charge in [0.1, 0.15) is 0 Å². The number of nitrogens with one attached hydrogen (secondary N) is 1. The maximum atomic E-state index is 4.53. The molecule has 2 rings (SSSR count). The SMILES string of the molecule is CCC1CCCC(NC(C)c2c(C)nn(C)c2C)C1. The number of hydrogen-bond acceptors (Lipinski definition) is 2. The van der Waals surface area contributed by atoms with Crippen LogP contribution in [0, 0.1) is 19.8 Å². The van der Waals surface area contributed by atoms with Crippen molar-refractivity contribution >= 4 is 0 Å². The van der Waals surface area contributed by atoms with E-state index in [2.05, 4.69) is 38.1 Å². The molecule has 0 radical (unpaired) electrons. The molecule has 1 aliphatic rings. The van der Waals surface area contributed by atoms with Crippen molar-refractivity contribution in [1.29, 1.82) is 0 Å². The minimum atomic E-state index is 0.411. The molecule has 0 aromatic carbocycles. The summed E-state index contributed by atoms with van der Waals surface area (Å²) in [5, 5.41) is 8.37. The Labute approximate surface area is 117 Å². The third-order valence-electron chi connectivity index (χ3n) is 4.84. The van der Waals surface area contributed by atoms with Crippen LogP contribution in [0.1, 0.15) is 68.9 Å². The molecular weight excluding hydrogens is 234 g/mol. The van der Waals surface area contributed by atoms with Gasteiger partial charge in [-0.05, 0) is 39.5 Å². The minimum Gasteiger partial charge on any atom is -0.307 e. The first-order valence-electron chi connectivity index (χ1n) is 7.79. The molecule has 1 saturated carbocycles. The van der Waals surface area contributed by atoms with Gasteiger partial charge in [0.05, 0.1) is 5.69 Å². The maximum absolute atomic E-state index is 4.53. The predicted octanol–water partition coefficient (Wildman–Crippen LogP) is 3.66. The maximum Gasteiger partial charge on any atom is 0.0644 e. The van der Waals surface area contributed by atoms with Crippen molar-refractivity contribution < 1.29 is 0 Å². The number of aryl methyl sites for hydroxylation is 2. The van der Waals surface area contributed by atoms with Crippen LogP contribution in [0.15, 0.2) is 0 Å². The first kappa shape index (κ1) is 14.6. The monoisotopic (exact) mass is 263 g/mol. The van der Waals surface area contributed by atoms with Crippen LogP contribution in [0.25, 0.3) is 0 Å². The van der Waals surface area contributed by atoms with Crippen molar-refractivity contribution in [2.24, 2.45) is 13.0 Å². The quantitative estimate of drug-likeness (QED) is 0.898. The molecule has 3 heteroatoms. The van der Waals surface area contributed by atoms with Crippen molar-refractivity contribution in [3.05, 3.63) is 17.0 Å². The van der Waals surface area contributed by atoms with Gasteiger partial charge in [-0.25, -0.2) is 0 Å². The van der Waals surface area contributed by atoms with Gasteiger partial charge in [-0.1, -0.05) is 26.2 Å². The molecule has 1 aliphatic carbocycles. The van der Waals surface area contributed by atoms with Crippen LogP contribution in [0.3, 0.4) is 0 Å². The van der Waals surface area contributed by atoms with E-state index in [-0.39, 0.29) is 0 Å². The second-order valence-corrected chi connectivity index (χ2v) is 6.23. The lowest BCUT2D eigenvalue weighted by atomic mass is 9.84. The van der Waals surface area contributed by atoms with Crippen molar-refractivity contribution in [3.8, 4) is 0 Å². The van der Waals surface area contributed by atoms with Crippen LogP contribution in [0.4, 0.5) is 0 Å². The molecule has 1 fully saturated rings. The van der Waals surface area contributed by atoms with E-state index in [4.69, 9.17) is 0 Å². The lowest BCUT2D eigenvalue weighted by Crippen LogP contribution is -2.36. The highest BCUT2D eigenvalue weighted by Gasteiger charge is 2.24. The smallest absolute Gasteiger partial charge is 0.0644 e. The lowest BCUT2D eigenvalue weighted by Gasteiger charge is -2.31. The molecule has 19 heavy (non-hydrogen) atoms. The molecule has 1 heterocycles. The average Bonchev–Trinajstić information content (AvgIpc) is 2.63. The first-order valence-corrected chi connectivity index (χ1v) is 7.79. The van der Waals surface area contributed by atoms with Gasteiger partial charge in [0.25, 0.3) is 0 Å². The molecular formula is C16H29N3. The molecule has 1 aromatic rings. The van der Waals surface area contributed by atoms with Crippen LogP contribution in [0.2, 0.25) is 0 Å². The molecule has 108 valence electrons. The Hall–Kier alpha value is -0.830. The van der Waals surface area contributed by atoms with Crippen molar-refractivity contribution in [1.82, 2.24) is 15.1 Å². The van der Waals surface area contributed by atoms with E-state index in [1.807, 2.05) is 11.7 Å². The fourth-order valence-electron chi connectivity index (χ4n) is 3.67. The summed E-state index contributed by atoms with van der Waals surface area (Å²) in [5.74, 6) is 0.926. The standard InChI is InChI=1S/C16H29N3/c1-6-14-8-7-9-15(10-14)17-11(2)16-12(3)18-19(5)13(16)4/h11,14-15,17H,6-10H2,1-5H3. The third-order valence-corrected chi connectivity index (χ3v) is 4.84. The summed E-state index contributed by atoms with van der Waals surface area (Å²) in [6.45, 7) is 8.90. The first-order chi connectivity index (χ1) is 9.02. The molecule has 3 unspecified atom stereocenters. The highest BCUT2D eigenvalue weighted by atomic mass is 15.3. The number of hydrogen-bond donors (Lipinski definition) is 1. The fourth-order valence-corrected chi connectivity index (χ4v) is 3.67. The molecule has 0 amide bonds. The Morgan fingerprint density at radius 1 is 1.37 bits per heavy atom. The Morgan fingerprint density at radius 3 is 2.68 bits per heavy atom. The largest absolute Gasteiger partial charge is 0.307 e. The van der Waals surface area contributed by atoms with Gasteiger partial charge >= 0.3 is 0 Å². The topological polar surface area (TPSA) is 29.9 Å². The Kier molecular flexibility index (Phi) is 4.67. The molecule has 0 spiro atoms. The van der Waals surface area contributed by atoms with E-state index in [0.29, 0.717) is 12.1 Å². The molecule has 3 nitrogen and oxygen atoms in total. The predicted molar refractivity (Wildman–Crippen MR) is 80.3 cm³/mol. The molecule has 1 aromatic heterocycles. The van der Waals surface area contributed by atoms with E-state index in [0.717, 1.165) is 5.92 Å². The molecule has 0 saturated heterocycles. The minimum absolute atomic E-state index is 0.411. The Balaban J connectivity index is 2.02. The summed E-state index contributed by atoms with van der Waals surface area (Å²) >= 11 is 0. The number of nitrogens with zero attached hydrogens (tertiary/aromatic N) is 2. The van der Waals surface area contributed by atoms with Crippen molar-refractivity contribution in [3.63, 3.8) is 0 Å². The van der Waals surface area contributed by atoms with Gasteiger partial charge in [-0.2, -0.15) is 5.10 Å². The van der Waals surface area contributed by atoms with Crippen LogP contribution in [-0.2, 0) is 7.05 Å². The van der Waals surface area contributed by atoms with Gasteiger partial charge in [0.2, 0.25) is 0 Å². The highest BCUT2D eigenvalue weighted by Crippen LogP contribution is 2.29. The average molecular weight is 263 g/mol. The molecule has 0 bridgehead atoms. The van der Waals surface area contributed by atoms with Crippen LogP contribution >= 0.6 is 0 Å². The summed E-state index contributed by atoms with van der Waals surface area (Å²) in [7, 11) is 2.03.